The van der Waals surface area contributed by atoms with Gasteiger partial charge in [0.25, 0.3) is 0 Å². The molecule has 1 N–H and O–H groups in total. The molecular weight excluding hydrogens is 104 g/mol. The molecule has 0 aromatic carbocycles. The fourth-order valence-electron chi connectivity index (χ4n) is 0.526. The topological polar surface area (TPSA) is 52.9 Å². The summed E-state index contributed by atoms with van der Waals surface area (Å²) in [7, 11) is 0. The maximum Gasteiger partial charge on any atom is 0.208 e. The Labute approximate surface area is 48.8 Å². The lowest BCUT2D eigenvalue weighted by atomic mass is 10.3. The van der Waals surface area contributed by atoms with Crippen LogP contribution in [0, 0.1) is 11.3 Å². The van der Waals surface area contributed by atoms with Crippen LogP contribution in [0.1, 0.15) is 14.3 Å². The van der Waals surface area contributed by atoms with Gasteiger partial charge in [-0.25, -0.2) is 0 Å². The van der Waals surface area contributed by atoms with E-state index in [-0.39, 0.29) is 1.43 Å². The summed E-state index contributed by atoms with van der Waals surface area (Å²) in [5, 5.41) is 10.8. The van der Waals surface area contributed by atoms with Crippen molar-refractivity contribution in [3.8, 4) is 6.07 Å². The van der Waals surface area contributed by atoms with Crippen LogP contribution in [-0.4, -0.2) is 11.9 Å². The van der Waals surface area contributed by atoms with Crippen LogP contribution in [0.3, 0.4) is 0 Å². The first-order valence-electron chi connectivity index (χ1n) is 2.46. The number of carbonyl (C=O) groups excluding carboxylic acids is 1. The van der Waals surface area contributed by atoms with E-state index in [2.05, 4.69) is 5.32 Å². The van der Waals surface area contributed by atoms with E-state index in [0.29, 0.717) is 6.41 Å². The fourth-order valence-corrected chi connectivity index (χ4v) is 0.526. The van der Waals surface area contributed by atoms with Gasteiger partial charge in [0.15, 0.2) is 0 Å². The van der Waals surface area contributed by atoms with Gasteiger partial charge in [-0.15, -0.1) is 0 Å². The highest BCUT2D eigenvalue weighted by atomic mass is 16.1. The molecule has 0 spiro atoms. The Morgan fingerprint density at radius 3 is 2.62 bits per heavy atom. The number of rotatable bonds is 2. The van der Waals surface area contributed by atoms with Crippen molar-refractivity contribution in [3.63, 3.8) is 0 Å². The zero-order valence-corrected chi connectivity index (χ0v) is 4.35. The summed E-state index contributed by atoms with van der Waals surface area (Å²) < 4.78 is 0. The second kappa shape index (κ2) is 1.48. The van der Waals surface area contributed by atoms with Crippen LogP contribution in [0.15, 0.2) is 0 Å². The minimum absolute atomic E-state index is 0. The summed E-state index contributed by atoms with van der Waals surface area (Å²) in [5.41, 5.74) is -0.470. The predicted molar refractivity (Wildman–Crippen MR) is 28.9 cm³/mol. The minimum atomic E-state index is -0.470. The molecule has 0 unspecified atom stereocenters. The molecular formula is C5H8N2O. The van der Waals surface area contributed by atoms with Crippen molar-refractivity contribution < 1.29 is 6.22 Å². The van der Waals surface area contributed by atoms with Crippen molar-refractivity contribution in [1.82, 2.24) is 5.32 Å². The van der Waals surface area contributed by atoms with Gasteiger partial charge in [-0.05, 0) is 12.8 Å². The highest BCUT2D eigenvalue weighted by Gasteiger charge is 2.42. The normalized spacial score (nSPS) is 20.9. The maximum absolute atomic E-state index is 9.76. The largest absolute Gasteiger partial charge is 0.340 e. The standard InChI is InChI=1S/C5H6N2O.H2/c6-3-5(1-2-5)7-4-8;/h4H,1-2H2,(H,7,8);1H. The third kappa shape index (κ3) is 0.648. The van der Waals surface area contributed by atoms with E-state index in [1.54, 1.807) is 0 Å². The van der Waals surface area contributed by atoms with Gasteiger partial charge in [-0.3, -0.25) is 4.79 Å². The van der Waals surface area contributed by atoms with Crippen LogP contribution >= 0.6 is 0 Å². The SMILES string of the molecule is N#CC1(NC=O)CC1.[HH]. The molecule has 1 aliphatic rings. The minimum Gasteiger partial charge on any atom is -0.340 e. The van der Waals surface area contributed by atoms with E-state index in [1.165, 1.54) is 0 Å². The predicted octanol–water partition coefficient (Wildman–Crippen LogP) is 0.0346. The molecule has 3 nitrogen and oxygen atoms in total. The number of carbonyl (C=O) groups is 1. The summed E-state index contributed by atoms with van der Waals surface area (Å²) in [6, 6.07) is 2.01. The number of nitriles is 1. The molecule has 0 bridgehead atoms. The average molecular weight is 112 g/mol. The fraction of sp³-hybridized carbons (Fsp3) is 0.600. The van der Waals surface area contributed by atoms with E-state index in [4.69, 9.17) is 5.26 Å². The highest BCUT2D eigenvalue weighted by molar-refractivity contribution is 5.51. The molecule has 0 aromatic heterocycles. The molecule has 1 fully saturated rings. The van der Waals surface area contributed by atoms with E-state index in [1.807, 2.05) is 6.07 Å². The van der Waals surface area contributed by atoms with Gasteiger partial charge in [0.2, 0.25) is 6.41 Å². The molecule has 1 rings (SSSR count). The molecule has 0 aliphatic heterocycles. The van der Waals surface area contributed by atoms with E-state index < -0.39 is 5.54 Å². The lowest BCUT2D eigenvalue weighted by Crippen LogP contribution is -2.27. The summed E-state index contributed by atoms with van der Waals surface area (Å²) in [6.45, 7) is 0. The van der Waals surface area contributed by atoms with Crippen molar-refractivity contribution in [2.24, 2.45) is 0 Å². The maximum atomic E-state index is 9.76. The Balaban J connectivity index is 0.000000640. The Hall–Kier alpha value is -1.04. The Morgan fingerprint density at radius 1 is 1.88 bits per heavy atom. The molecule has 1 amide bonds. The zero-order valence-electron chi connectivity index (χ0n) is 4.35. The Kier molecular flexibility index (Phi) is 0.943. The monoisotopic (exact) mass is 112 g/mol. The lowest BCUT2D eigenvalue weighted by Gasteiger charge is -1.98. The second-order valence-electron chi connectivity index (χ2n) is 1.96. The van der Waals surface area contributed by atoms with Crippen LogP contribution in [0.2, 0.25) is 0 Å². The molecule has 3 heteroatoms. The third-order valence-corrected chi connectivity index (χ3v) is 1.30. The van der Waals surface area contributed by atoms with E-state index in [0.717, 1.165) is 12.8 Å². The summed E-state index contributed by atoms with van der Waals surface area (Å²) >= 11 is 0. The van der Waals surface area contributed by atoms with Crippen molar-refractivity contribution in [3.05, 3.63) is 0 Å². The van der Waals surface area contributed by atoms with Crippen molar-refractivity contribution in [1.29, 1.82) is 5.26 Å². The van der Waals surface area contributed by atoms with Crippen LogP contribution in [-0.2, 0) is 4.79 Å². The van der Waals surface area contributed by atoms with Gasteiger partial charge in [0.1, 0.15) is 5.54 Å². The quantitative estimate of drug-likeness (QED) is 0.512. The van der Waals surface area contributed by atoms with Crippen LogP contribution in [0.25, 0.3) is 0 Å². The molecule has 0 saturated heterocycles. The van der Waals surface area contributed by atoms with E-state index >= 15 is 0 Å². The van der Waals surface area contributed by atoms with Crippen molar-refractivity contribution in [2.45, 2.75) is 18.4 Å². The van der Waals surface area contributed by atoms with Gasteiger partial charge in [-0.2, -0.15) is 5.26 Å². The van der Waals surface area contributed by atoms with Crippen LogP contribution in [0.5, 0.6) is 0 Å². The summed E-state index contributed by atoms with van der Waals surface area (Å²) in [4.78, 5) is 9.76. The number of nitrogens with zero attached hydrogens (tertiary/aromatic N) is 1. The van der Waals surface area contributed by atoms with Crippen molar-refractivity contribution in [2.75, 3.05) is 0 Å². The van der Waals surface area contributed by atoms with Crippen molar-refractivity contribution >= 4 is 6.41 Å². The molecule has 0 radical (unpaired) electrons. The first-order valence-corrected chi connectivity index (χ1v) is 2.46. The van der Waals surface area contributed by atoms with Crippen LogP contribution in [0.4, 0.5) is 0 Å². The van der Waals surface area contributed by atoms with Gasteiger partial charge in [-0.1, -0.05) is 0 Å². The zero-order chi connectivity index (χ0) is 6.04. The average Bonchev–Trinajstić information content (AvgIpc) is 2.50. The molecule has 8 heavy (non-hydrogen) atoms. The molecule has 44 valence electrons. The molecule has 0 atom stereocenters. The van der Waals surface area contributed by atoms with E-state index in [9.17, 15) is 4.79 Å². The molecule has 0 heterocycles. The third-order valence-electron chi connectivity index (χ3n) is 1.30. The lowest BCUT2D eigenvalue weighted by molar-refractivity contribution is -0.110. The second-order valence-corrected chi connectivity index (χ2v) is 1.96. The van der Waals surface area contributed by atoms with Gasteiger partial charge >= 0.3 is 0 Å². The molecule has 1 aliphatic carbocycles. The van der Waals surface area contributed by atoms with Gasteiger partial charge < -0.3 is 5.32 Å². The Morgan fingerprint density at radius 2 is 2.50 bits per heavy atom. The van der Waals surface area contributed by atoms with Gasteiger partial charge in [0, 0.05) is 1.43 Å². The summed E-state index contributed by atoms with van der Waals surface area (Å²) in [6.07, 6.45) is 2.20. The first-order chi connectivity index (χ1) is 3.83. The van der Waals surface area contributed by atoms with Gasteiger partial charge in [0.05, 0.1) is 6.07 Å². The smallest absolute Gasteiger partial charge is 0.208 e. The Bertz CT molecular complexity index is 148. The molecule has 1 saturated carbocycles. The number of nitrogens with one attached hydrogen (secondary N) is 1. The number of amides is 1. The highest BCUT2D eigenvalue weighted by Crippen LogP contribution is 2.33. The summed E-state index contributed by atoms with van der Waals surface area (Å²) in [5.74, 6) is 0. The number of hydrogen-bond acceptors (Lipinski definition) is 2. The first kappa shape index (κ1) is 5.10. The number of hydrogen-bond donors (Lipinski definition) is 1. The van der Waals surface area contributed by atoms with Crippen LogP contribution < -0.4 is 5.32 Å². The molecule has 0 aromatic rings.